The molecule has 0 amide bonds. The van der Waals surface area contributed by atoms with Crippen molar-refractivity contribution in [1.82, 2.24) is 0 Å². The highest BCUT2D eigenvalue weighted by atomic mass is 35.5. The normalized spacial score (nSPS) is 16.0. The number of ether oxygens (including phenoxy) is 1. The first-order valence-electron chi connectivity index (χ1n) is 7.86. The van der Waals surface area contributed by atoms with E-state index in [1.54, 1.807) is 0 Å². The maximum atomic E-state index is 6.44. The van der Waals surface area contributed by atoms with Crippen molar-refractivity contribution in [3.63, 3.8) is 0 Å². The van der Waals surface area contributed by atoms with E-state index in [0.29, 0.717) is 0 Å². The molecular formula is C21H17ClO. The van der Waals surface area contributed by atoms with Crippen LogP contribution in [0, 0.1) is 0 Å². The molecule has 1 heterocycles. The molecule has 1 atom stereocenters. The van der Waals surface area contributed by atoms with Crippen LogP contribution >= 0.6 is 11.6 Å². The van der Waals surface area contributed by atoms with Gasteiger partial charge in [0.05, 0.1) is 0 Å². The van der Waals surface area contributed by atoms with Gasteiger partial charge in [-0.25, -0.2) is 0 Å². The third kappa shape index (κ3) is 2.62. The van der Waals surface area contributed by atoms with Crippen LogP contribution < -0.4 is 4.74 Å². The molecule has 1 unspecified atom stereocenters. The fourth-order valence-corrected chi connectivity index (χ4v) is 3.45. The third-order valence-electron chi connectivity index (χ3n) is 4.26. The van der Waals surface area contributed by atoms with Gasteiger partial charge in [-0.3, -0.25) is 0 Å². The van der Waals surface area contributed by atoms with Crippen molar-refractivity contribution >= 4 is 11.6 Å². The summed E-state index contributed by atoms with van der Waals surface area (Å²) < 4.78 is 6.08. The molecule has 114 valence electrons. The minimum atomic E-state index is 0.206. The molecule has 3 aromatic carbocycles. The Bertz CT molecular complexity index is 855. The summed E-state index contributed by atoms with van der Waals surface area (Å²) >= 11 is 6.44. The summed E-state index contributed by atoms with van der Waals surface area (Å²) in [5, 5.41) is 0.753. The van der Waals surface area contributed by atoms with Crippen LogP contribution in [0.25, 0.3) is 22.3 Å². The van der Waals surface area contributed by atoms with Crippen LogP contribution in [-0.4, -0.2) is 6.10 Å². The standard InChI is InChI=1S/C21H17ClO/c1-14-11-17-12-16(15-7-3-2-4-8-15)13-19(21(17)23-14)18-9-5-6-10-20(18)22/h2-10,12-14H,11H2,1H3. The van der Waals surface area contributed by atoms with E-state index >= 15 is 0 Å². The lowest BCUT2D eigenvalue weighted by atomic mass is 9.94. The van der Waals surface area contributed by atoms with Crippen LogP contribution in [-0.2, 0) is 6.42 Å². The van der Waals surface area contributed by atoms with E-state index < -0.39 is 0 Å². The lowest BCUT2D eigenvalue weighted by molar-refractivity contribution is 0.255. The van der Waals surface area contributed by atoms with E-state index in [1.807, 2.05) is 24.3 Å². The Morgan fingerprint density at radius 1 is 0.870 bits per heavy atom. The third-order valence-corrected chi connectivity index (χ3v) is 4.59. The number of fused-ring (bicyclic) bond motifs is 1. The monoisotopic (exact) mass is 320 g/mol. The quantitative estimate of drug-likeness (QED) is 0.563. The minimum absolute atomic E-state index is 0.206. The Labute approximate surface area is 141 Å². The summed E-state index contributed by atoms with van der Waals surface area (Å²) in [6, 6.07) is 22.8. The number of hydrogen-bond acceptors (Lipinski definition) is 1. The molecule has 0 aromatic heterocycles. The minimum Gasteiger partial charge on any atom is -0.489 e. The first-order valence-corrected chi connectivity index (χ1v) is 8.24. The van der Waals surface area contributed by atoms with Crippen molar-refractivity contribution in [2.24, 2.45) is 0 Å². The first kappa shape index (κ1) is 14.3. The van der Waals surface area contributed by atoms with Crippen molar-refractivity contribution in [1.29, 1.82) is 0 Å². The second kappa shape index (κ2) is 5.75. The fourth-order valence-electron chi connectivity index (χ4n) is 3.21. The summed E-state index contributed by atoms with van der Waals surface area (Å²) in [6.07, 6.45) is 1.14. The van der Waals surface area contributed by atoms with Crippen LogP contribution in [0.1, 0.15) is 12.5 Å². The largest absolute Gasteiger partial charge is 0.489 e. The van der Waals surface area contributed by atoms with Crippen LogP contribution in [0.2, 0.25) is 5.02 Å². The number of halogens is 1. The van der Waals surface area contributed by atoms with Crippen LogP contribution in [0.5, 0.6) is 5.75 Å². The van der Waals surface area contributed by atoms with Crippen LogP contribution in [0.4, 0.5) is 0 Å². The SMILES string of the molecule is CC1Cc2cc(-c3ccccc3)cc(-c3ccccc3Cl)c2O1. The van der Waals surface area contributed by atoms with Crippen molar-refractivity contribution in [3.05, 3.63) is 77.3 Å². The number of rotatable bonds is 2. The topological polar surface area (TPSA) is 9.23 Å². The van der Waals surface area contributed by atoms with Gasteiger partial charge in [0.1, 0.15) is 11.9 Å². The van der Waals surface area contributed by atoms with Gasteiger partial charge in [-0.2, -0.15) is 0 Å². The molecule has 0 saturated heterocycles. The molecule has 1 aliphatic rings. The van der Waals surface area contributed by atoms with Gasteiger partial charge in [-0.1, -0.05) is 60.1 Å². The predicted molar refractivity (Wildman–Crippen MR) is 96.1 cm³/mol. The van der Waals surface area contributed by atoms with Gasteiger partial charge in [0.25, 0.3) is 0 Å². The zero-order valence-electron chi connectivity index (χ0n) is 12.9. The molecule has 23 heavy (non-hydrogen) atoms. The first-order chi connectivity index (χ1) is 11.2. The molecule has 2 heteroatoms. The summed E-state index contributed by atoms with van der Waals surface area (Å²) in [4.78, 5) is 0. The molecule has 0 fully saturated rings. The highest BCUT2D eigenvalue weighted by molar-refractivity contribution is 6.33. The smallest absolute Gasteiger partial charge is 0.130 e. The number of hydrogen-bond donors (Lipinski definition) is 0. The van der Waals surface area contributed by atoms with Gasteiger partial charge in [-0.15, -0.1) is 0 Å². The molecule has 3 aromatic rings. The van der Waals surface area contributed by atoms with Crippen molar-refractivity contribution in [2.45, 2.75) is 19.4 Å². The molecule has 0 bridgehead atoms. The molecule has 4 rings (SSSR count). The Kier molecular flexibility index (Phi) is 3.59. The predicted octanol–water partition coefficient (Wildman–Crippen LogP) is 6.00. The van der Waals surface area contributed by atoms with Gasteiger partial charge in [0.15, 0.2) is 0 Å². The second-order valence-corrected chi connectivity index (χ2v) is 6.40. The summed E-state index contributed by atoms with van der Waals surface area (Å²) in [5.74, 6) is 0.977. The molecule has 0 saturated carbocycles. The fraction of sp³-hybridized carbons (Fsp3) is 0.143. The Morgan fingerprint density at radius 3 is 2.39 bits per heavy atom. The number of benzene rings is 3. The van der Waals surface area contributed by atoms with E-state index in [9.17, 15) is 0 Å². The molecule has 1 nitrogen and oxygen atoms in total. The Hall–Kier alpha value is -2.25. The van der Waals surface area contributed by atoms with Gasteiger partial charge < -0.3 is 4.74 Å². The maximum absolute atomic E-state index is 6.44. The van der Waals surface area contributed by atoms with E-state index in [-0.39, 0.29) is 6.10 Å². The van der Waals surface area contributed by atoms with Crippen LogP contribution in [0.3, 0.4) is 0 Å². The molecule has 1 aliphatic heterocycles. The summed E-state index contributed by atoms with van der Waals surface area (Å²) in [7, 11) is 0. The molecule has 0 aliphatic carbocycles. The zero-order valence-corrected chi connectivity index (χ0v) is 13.7. The van der Waals surface area contributed by atoms with Crippen molar-refractivity contribution in [2.75, 3.05) is 0 Å². The van der Waals surface area contributed by atoms with Crippen LogP contribution in [0.15, 0.2) is 66.7 Å². The highest BCUT2D eigenvalue weighted by Gasteiger charge is 2.24. The molecular weight excluding hydrogens is 304 g/mol. The lowest BCUT2D eigenvalue weighted by Crippen LogP contribution is -2.05. The second-order valence-electron chi connectivity index (χ2n) is 5.99. The average Bonchev–Trinajstić information content (AvgIpc) is 2.95. The molecule has 0 spiro atoms. The summed E-state index contributed by atoms with van der Waals surface area (Å²) in [6.45, 7) is 2.11. The Balaban J connectivity index is 1.95. The van der Waals surface area contributed by atoms with Gasteiger partial charge in [0.2, 0.25) is 0 Å². The molecule has 0 N–H and O–H groups in total. The Morgan fingerprint density at radius 2 is 1.61 bits per heavy atom. The van der Waals surface area contributed by atoms with Crippen molar-refractivity contribution < 1.29 is 4.74 Å². The lowest BCUT2D eigenvalue weighted by Gasteiger charge is -2.13. The van der Waals surface area contributed by atoms with Gasteiger partial charge in [-0.05, 0) is 41.8 Å². The van der Waals surface area contributed by atoms with E-state index in [0.717, 1.165) is 28.3 Å². The van der Waals surface area contributed by atoms with Gasteiger partial charge in [0, 0.05) is 22.6 Å². The highest BCUT2D eigenvalue weighted by Crippen LogP contribution is 2.43. The van der Waals surface area contributed by atoms with Gasteiger partial charge >= 0.3 is 0 Å². The average molecular weight is 321 g/mol. The van der Waals surface area contributed by atoms with E-state index in [1.165, 1.54) is 16.7 Å². The van der Waals surface area contributed by atoms with E-state index in [2.05, 4.69) is 49.4 Å². The molecule has 0 radical (unpaired) electrons. The zero-order chi connectivity index (χ0) is 15.8. The summed E-state index contributed by atoms with van der Waals surface area (Å²) in [5.41, 5.74) is 5.78. The van der Waals surface area contributed by atoms with E-state index in [4.69, 9.17) is 16.3 Å². The maximum Gasteiger partial charge on any atom is 0.130 e. The van der Waals surface area contributed by atoms with Crippen molar-refractivity contribution in [3.8, 4) is 28.0 Å².